The normalized spacial score (nSPS) is 11.5. The van der Waals surface area contributed by atoms with Crippen LogP contribution in [0, 0.1) is 20.8 Å². The monoisotopic (exact) mass is 455 g/mol. The van der Waals surface area contributed by atoms with E-state index in [0.717, 1.165) is 28.1 Å². The lowest BCUT2D eigenvalue weighted by Crippen LogP contribution is -2.17. The summed E-state index contributed by atoms with van der Waals surface area (Å²) in [5, 5.41) is 14.6. The van der Waals surface area contributed by atoms with Gasteiger partial charge in [-0.2, -0.15) is 4.68 Å². The molecular formula is C23H29N5O3S. The fraction of sp³-hybridized carbons (Fsp3) is 0.391. The molecule has 32 heavy (non-hydrogen) atoms. The Labute approximate surface area is 189 Å². The highest BCUT2D eigenvalue weighted by atomic mass is 32.2. The van der Waals surface area contributed by atoms with Crippen LogP contribution in [0.3, 0.4) is 0 Å². The first-order chi connectivity index (χ1) is 15.2. The first kappa shape index (κ1) is 23.6. The van der Waals surface area contributed by atoms with E-state index in [4.69, 9.17) is 0 Å². The van der Waals surface area contributed by atoms with E-state index in [1.165, 1.54) is 0 Å². The highest BCUT2D eigenvalue weighted by Crippen LogP contribution is 2.22. The second-order valence-electron chi connectivity index (χ2n) is 8.02. The lowest BCUT2D eigenvalue weighted by molar-refractivity contribution is -0.116. The Morgan fingerprint density at radius 3 is 2.34 bits per heavy atom. The van der Waals surface area contributed by atoms with Crippen LogP contribution < -0.4 is 5.32 Å². The Bertz CT molecular complexity index is 1150. The summed E-state index contributed by atoms with van der Waals surface area (Å²) in [5.41, 5.74) is 4.78. The van der Waals surface area contributed by atoms with Crippen LogP contribution in [0.4, 0.5) is 5.69 Å². The number of amides is 1. The third-order valence-corrected chi connectivity index (χ3v) is 7.01. The van der Waals surface area contributed by atoms with Crippen molar-refractivity contribution in [3.63, 3.8) is 0 Å². The van der Waals surface area contributed by atoms with Crippen molar-refractivity contribution in [3.05, 3.63) is 65.0 Å². The van der Waals surface area contributed by atoms with Gasteiger partial charge in [0.2, 0.25) is 5.91 Å². The summed E-state index contributed by atoms with van der Waals surface area (Å²) < 4.78 is 26.4. The van der Waals surface area contributed by atoms with E-state index < -0.39 is 9.84 Å². The molecule has 0 saturated carbocycles. The highest BCUT2D eigenvalue weighted by molar-refractivity contribution is 7.91. The average Bonchev–Trinajstić information content (AvgIpc) is 3.19. The molecule has 1 heterocycles. The Kier molecular flexibility index (Phi) is 7.74. The SMILES string of the molecule is Cc1cc(C)c(NC(=O)CCCS(=O)(=O)CCCc2nnnn2-c2ccccc2)c(C)c1. The molecule has 1 N–H and O–H groups in total. The van der Waals surface area contributed by atoms with Gasteiger partial charge in [-0.25, -0.2) is 8.42 Å². The third kappa shape index (κ3) is 6.46. The minimum atomic E-state index is -3.26. The predicted molar refractivity (Wildman–Crippen MR) is 125 cm³/mol. The fourth-order valence-corrected chi connectivity index (χ4v) is 5.09. The zero-order valence-corrected chi connectivity index (χ0v) is 19.5. The smallest absolute Gasteiger partial charge is 0.224 e. The van der Waals surface area contributed by atoms with Crippen LogP contribution in [0.1, 0.15) is 41.8 Å². The number of para-hydroxylation sites is 1. The molecule has 0 spiro atoms. The minimum absolute atomic E-state index is 0.0179. The van der Waals surface area contributed by atoms with Gasteiger partial charge in [0.25, 0.3) is 0 Å². The van der Waals surface area contributed by atoms with E-state index in [0.29, 0.717) is 25.1 Å². The molecule has 0 bridgehead atoms. The second kappa shape index (κ2) is 10.5. The van der Waals surface area contributed by atoms with Crippen molar-refractivity contribution in [2.24, 2.45) is 0 Å². The lowest BCUT2D eigenvalue weighted by atomic mass is 10.0. The van der Waals surface area contributed by atoms with Crippen LogP contribution >= 0.6 is 0 Å². The van der Waals surface area contributed by atoms with Crippen LogP contribution in [0.5, 0.6) is 0 Å². The molecule has 3 rings (SSSR count). The van der Waals surface area contributed by atoms with Gasteiger partial charge in [-0.15, -0.1) is 5.10 Å². The molecule has 1 aromatic heterocycles. The molecular weight excluding hydrogens is 426 g/mol. The number of hydrogen-bond acceptors (Lipinski definition) is 6. The molecule has 0 saturated heterocycles. The number of carbonyl (C=O) groups excluding carboxylic acids is 1. The molecule has 0 atom stereocenters. The summed E-state index contributed by atoms with van der Waals surface area (Å²) in [6.45, 7) is 5.92. The van der Waals surface area contributed by atoms with Crippen LogP contribution in [-0.4, -0.2) is 46.0 Å². The summed E-state index contributed by atoms with van der Waals surface area (Å²) in [6, 6.07) is 13.5. The summed E-state index contributed by atoms with van der Waals surface area (Å²) in [6.07, 6.45) is 1.33. The molecule has 0 fully saturated rings. The summed E-state index contributed by atoms with van der Waals surface area (Å²) in [7, 11) is -3.26. The topological polar surface area (TPSA) is 107 Å². The Morgan fingerprint density at radius 2 is 1.66 bits per heavy atom. The van der Waals surface area contributed by atoms with Gasteiger partial charge in [-0.05, 0) is 67.3 Å². The van der Waals surface area contributed by atoms with Crippen molar-refractivity contribution < 1.29 is 13.2 Å². The summed E-state index contributed by atoms with van der Waals surface area (Å²) in [4.78, 5) is 12.3. The zero-order valence-electron chi connectivity index (χ0n) is 18.7. The van der Waals surface area contributed by atoms with Crippen LogP contribution in [-0.2, 0) is 21.1 Å². The van der Waals surface area contributed by atoms with E-state index in [2.05, 4.69) is 20.8 Å². The number of hydrogen-bond donors (Lipinski definition) is 1. The number of nitrogens with zero attached hydrogens (tertiary/aromatic N) is 4. The van der Waals surface area contributed by atoms with Gasteiger partial charge in [0, 0.05) is 18.5 Å². The Balaban J connectivity index is 1.45. The standard InChI is InChI=1S/C23H29N5O3S/c1-17-15-18(2)23(19(3)16-17)24-22(29)12-8-14-32(30,31)13-7-11-21-25-26-27-28(21)20-9-5-4-6-10-20/h4-6,9-10,15-16H,7-8,11-14H2,1-3H3,(H,24,29). The van der Waals surface area contributed by atoms with Crippen molar-refractivity contribution in [2.75, 3.05) is 16.8 Å². The molecule has 0 aliphatic carbocycles. The summed E-state index contributed by atoms with van der Waals surface area (Å²) >= 11 is 0. The first-order valence-electron chi connectivity index (χ1n) is 10.7. The number of rotatable bonds is 10. The number of aromatic nitrogens is 4. The maximum Gasteiger partial charge on any atom is 0.224 e. The maximum absolute atomic E-state index is 12.4. The summed E-state index contributed by atoms with van der Waals surface area (Å²) in [5.74, 6) is 0.467. The number of aryl methyl sites for hydroxylation is 4. The molecule has 170 valence electrons. The second-order valence-corrected chi connectivity index (χ2v) is 10.3. The molecule has 8 nitrogen and oxygen atoms in total. The average molecular weight is 456 g/mol. The number of tetrazole rings is 1. The van der Waals surface area contributed by atoms with E-state index >= 15 is 0 Å². The number of benzene rings is 2. The van der Waals surface area contributed by atoms with Gasteiger partial charge in [0.15, 0.2) is 5.82 Å². The molecule has 0 aliphatic heterocycles. The van der Waals surface area contributed by atoms with Crippen molar-refractivity contribution in [1.82, 2.24) is 20.2 Å². The van der Waals surface area contributed by atoms with Gasteiger partial charge in [0.05, 0.1) is 17.2 Å². The predicted octanol–water partition coefficient (Wildman–Crippen LogP) is 3.35. The van der Waals surface area contributed by atoms with Crippen molar-refractivity contribution >= 4 is 21.4 Å². The highest BCUT2D eigenvalue weighted by Gasteiger charge is 2.15. The first-order valence-corrected chi connectivity index (χ1v) is 12.5. The van der Waals surface area contributed by atoms with Gasteiger partial charge in [0.1, 0.15) is 9.84 Å². The van der Waals surface area contributed by atoms with Crippen molar-refractivity contribution in [3.8, 4) is 5.69 Å². The number of carbonyl (C=O) groups is 1. The molecule has 3 aromatic rings. The van der Waals surface area contributed by atoms with Crippen LogP contribution in [0.25, 0.3) is 5.69 Å². The maximum atomic E-state index is 12.4. The van der Waals surface area contributed by atoms with E-state index in [1.54, 1.807) is 4.68 Å². The molecule has 2 aromatic carbocycles. The zero-order chi connectivity index (χ0) is 23.1. The van der Waals surface area contributed by atoms with Crippen LogP contribution in [0.15, 0.2) is 42.5 Å². The van der Waals surface area contributed by atoms with E-state index in [1.807, 2.05) is 63.2 Å². The van der Waals surface area contributed by atoms with Gasteiger partial charge in [-0.1, -0.05) is 35.9 Å². The van der Waals surface area contributed by atoms with Crippen LogP contribution in [0.2, 0.25) is 0 Å². The molecule has 0 unspecified atom stereocenters. The van der Waals surface area contributed by atoms with Gasteiger partial charge in [-0.3, -0.25) is 4.79 Å². The Morgan fingerprint density at radius 1 is 1.00 bits per heavy atom. The quantitative estimate of drug-likeness (QED) is 0.502. The van der Waals surface area contributed by atoms with Gasteiger partial charge >= 0.3 is 0 Å². The fourth-order valence-electron chi connectivity index (χ4n) is 3.72. The van der Waals surface area contributed by atoms with E-state index in [9.17, 15) is 13.2 Å². The Hall–Kier alpha value is -3.07. The lowest BCUT2D eigenvalue weighted by Gasteiger charge is -2.13. The number of sulfone groups is 1. The van der Waals surface area contributed by atoms with Gasteiger partial charge < -0.3 is 5.32 Å². The largest absolute Gasteiger partial charge is 0.326 e. The number of nitrogens with one attached hydrogen (secondary N) is 1. The third-order valence-electron chi connectivity index (χ3n) is 5.19. The molecule has 1 amide bonds. The molecule has 0 aliphatic rings. The van der Waals surface area contributed by atoms with E-state index in [-0.39, 0.29) is 23.8 Å². The minimum Gasteiger partial charge on any atom is -0.326 e. The molecule has 0 radical (unpaired) electrons. The van der Waals surface area contributed by atoms with Crippen molar-refractivity contribution in [2.45, 2.75) is 46.5 Å². The van der Waals surface area contributed by atoms with Crippen molar-refractivity contribution in [1.29, 1.82) is 0 Å². The molecule has 9 heteroatoms. The number of anilines is 1.